The number of carbonyl (C=O) groups is 1. The van der Waals surface area contributed by atoms with Gasteiger partial charge in [-0.1, -0.05) is 127 Å². The Morgan fingerprint density at radius 3 is 1.74 bits per heavy atom. The molecule has 0 fully saturated rings. The molecule has 2 rings (SSSR count). The summed E-state index contributed by atoms with van der Waals surface area (Å²) < 4.78 is 0. The van der Waals surface area contributed by atoms with Crippen molar-refractivity contribution in [1.29, 1.82) is 0 Å². The van der Waals surface area contributed by atoms with Crippen molar-refractivity contribution in [3.63, 3.8) is 0 Å². The Balaban J connectivity index is 0.000000640. The Morgan fingerprint density at radius 2 is 1.34 bits per heavy atom. The molecule has 2 aromatic carbocycles. The van der Waals surface area contributed by atoms with Gasteiger partial charge in [-0.2, -0.15) is 0 Å². The second-order valence-corrected chi connectivity index (χ2v) is 11.2. The first kappa shape index (κ1) is 35.6. The molecule has 2 aromatic rings. The van der Waals surface area contributed by atoms with Crippen LogP contribution < -0.4 is 0 Å². The summed E-state index contributed by atoms with van der Waals surface area (Å²) in [6.45, 7) is 27.1. The summed E-state index contributed by atoms with van der Waals surface area (Å²) in [5.74, 6) is 0.472. The smallest absolute Gasteiger partial charge is 0.132 e. The molecule has 0 aliphatic rings. The first-order valence-corrected chi connectivity index (χ1v) is 14.9. The summed E-state index contributed by atoms with van der Waals surface area (Å²) in [6, 6.07) is 17.5. The van der Waals surface area contributed by atoms with Crippen LogP contribution >= 0.6 is 0 Å². The zero-order valence-electron chi connectivity index (χ0n) is 26.4. The van der Waals surface area contributed by atoms with Gasteiger partial charge in [-0.25, -0.2) is 0 Å². The second-order valence-electron chi connectivity index (χ2n) is 11.2. The monoisotopic (exact) mass is 518 g/mol. The lowest BCUT2D eigenvalue weighted by molar-refractivity contribution is -0.119. The molecule has 0 aliphatic carbocycles. The van der Waals surface area contributed by atoms with E-state index in [1.807, 2.05) is 13.8 Å². The fraction of sp³-hybridized carbons (Fsp3) is 0.541. The molecule has 0 radical (unpaired) electrons. The molecule has 0 bridgehead atoms. The average Bonchev–Trinajstić information content (AvgIpc) is 2.88. The molecule has 212 valence electrons. The number of carbonyl (C=O) groups excluding carboxylic acids is 1. The Labute approximate surface area is 236 Å². The van der Waals surface area contributed by atoms with E-state index in [1.54, 1.807) is 6.92 Å². The van der Waals surface area contributed by atoms with Crippen molar-refractivity contribution in [2.45, 2.75) is 120 Å². The Kier molecular flexibility index (Phi) is 18.4. The summed E-state index contributed by atoms with van der Waals surface area (Å²) in [5, 5.41) is 0. The molecule has 0 saturated heterocycles. The maximum atomic E-state index is 10.1. The Bertz CT molecular complexity index is 939. The number of aryl methyl sites for hydroxylation is 3. The predicted molar refractivity (Wildman–Crippen MR) is 171 cm³/mol. The topological polar surface area (TPSA) is 17.1 Å². The van der Waals surface area contributed by atoms with Gasteiger partial charge in [0.2, 0.25) is 0 Å². The zero-order valence-corrected chi connectivity index (χ0v) is 26.4. The van der Waals surface area contributed by atoms with Crippen molar-refractivity contribution >= 4 is 5.78 Å². The van der Waals surface area contributed by atoms with Crippen molar-refractivity contribution in [1.82, 2.24) is 0 Å². The van der Waals surface area contributed by atoms with Crippen LogP contribution in [0.15, 0.2) is 72.8 Å². The third kappa shape index (κ3) is 13.9. The number of ketones is 1. The highest BCUT2D eigenvalue weighted by atomic mass is 16.1. The summed E-state index contributed by atoms with van der Waals surface area (Å²) >= 11 is 0. The molecule has 0 N–H and O–H groups in total. The summed E-state index contributed by atoms with van der Waals surface area (Å²) in [4.78, 5) is 10.1. The van der Waals surface area contributed by atoms with E-state index in [4.69, 9.17) is 0 Å². The van der Waals surface area contributed by atoms with Crippen LogP contribution in [0.3, 0.4) is 0 Å². The maximum Gasteiger partial charge on any atom is 0.132 e. The summed E-state index contributed by atoms with van der Waals surface area (Å²) in [6.07, 6.45) is 10.8. The normalized spacial score (nSPS) is 10.7. The van der Waals surface area contributed by atoms with Crippen LogP contribution in [0.2, 0.25) is 0 Å². The second kappa shape index (κ2) is 19.6. The van der Waals surface area contributed by atoms with E-state index in [9.17, 15) is 4.79 Å². The van der Waals surface area contributed by atoms with Crippen LogP contribution in [0.25, 0.3) is 0 Å². The lowest BCUT2D eigenvalue weighted by Crippen LogP contribution is -2.22. The van der Waals surface area contributed by atoms with Crippen molar-refractivity contribution in [2.75, 3.05) is 0 Å². The van der Waals surface area contributed by atoms with Gasteiger partial charge in [-0.3, -0.25) is 4.79 Å². The molecular weight excluding hydrogens is 460 g/mol. The lowest BCUT2D eigenvalue weighted by atomic mass is 9.70. The highest BCUT2D eigenvalue weighted by Gasteiger charge is 2.29. The highest BCUT2D eigenvalue weighted by Crippen LogP contribution is 2.42. The molecular formula is C37H58O. The molecule has 0 aliphatic heterocycles. The van der Waals surface area contributed by atoms with Gasteiger partial charge < -0.3 is 0 Å². The van der Waals surface area contributed by atoms with Crippen molar-refractivity contribution in [3.8, 4) is 0 Å². The average molecular weight is 519 g/mol. The van der Waals surface area contributed by atoms with Crippen molar-refractivity contribution in [2.24, 2.45) is 11.3 Å². The van der Waals surface area contributed by atoms with Gasteiger partial charge in [-0.05, 0) is 93.4 Å². The molecule has 0 atom stereocenters. The quantitative estimate of drug-likeness (QED) is 0.241. The van der Waals surface area contributed by atoms with Gasteiger partial charge in [-0.15, -0.1) is 0 Å². The minimum atomic E-state index is 0.213. The SMILES string of the molecule is C=C(C)Cc1ccc(CC)cc1.C=C(CCc1ccccc1C)C(CC)(CCC)CCC.CC(=O)C(C)C. The lowest BCUT2D eigenvalue weighted by Gasteiger charge is -2.35. The highest BCUT2D eigenvalue weighted by molar-refractivity contribution is 5.77. The van der Waals surface area contributed by atoms with Gasteiger partial charge in [0.1, 0.15) is 5.78 Å². The van der Waals surface area contributed by atoms with Crippen LogP contribution in [0.4, 0.5) is 0 Å². The van der Waals surface area contributed by atoms with Gasteiger partial charge in [0.15, 0.2) is 0 Å². The fourth-order valence-electron chi connectivity index (χ4n) is 4.72. The van der Waals surface area contributed by atoms with Crippen LogP contribution in [-0.4, -0.2) is 5.78 Å². The van der Waals surface area contributed by atoms with E-state index >= 15 is 0 Å². The number of hydrogen-bond acceptors (Lipinski definition) is 1. The molecule has 38 heavy (non-hydrogen) atoms. The van der Waals surface area contributed by atoms with Crippen LogP contribution in [-0.2, 0) is 24.1 Å². The van der Waals surface area contributed by atoms with Gasteiger partial charge >= 0.3 is 0 Å². The maximum absolute atomic E-state index is 10.1. The number of hydrogen-bond donors (Lipinski definition) is 0. The molecule has 0 saturated carbocycles. The predicted octanol–water partition coefficient (Wildman–Crippen LogP) is 11.1. The minimum absolute atomic E-state index is 0.213. The largest absolute Gasteiger partial charge is 0.300 e. The number of Topliss-reactive ketones (excluding diaryl/α,β-unsaturated/α-hetero) is 1. The number of benzene rings is 2. The van der Waals surface area contributed by atoms with E-state index in [0.717, 1.165) is 25.7 Å². The summed E-state index contributed by atoms with van der Waals surface area (Å²) in [7, 11) is 0. The van der Waals surface area contributed by atoms with E-state index in [1.165, 1.54) is 65.5 Å². The number of allylic oxidation sites excluding steroid dienone is 2. The van der Waals surface area contributed by atoms with E-state index in [0.29, 0.717) is 5.41 Å². The molecule has 0 amide bonds. The molecule has 0 spiro atoms. The Morgan fingerprint density at radius 1 is 0.842 bits per heavy atom. The van der Waals surface area contributed by atoms with Crippen LogP contribution in [0.5, 0.6) is 0 Å². The van der Waals surface area contributed by atoms with Crippen LogP contribution in [0, 0.1) is 18.3 Å². The summed E-state index contributed by atoms with van der Waals surface area (Å²) in [5.41, 5.74) is 8.73. The third-order valence-corrected chi connectivity index (χ3v) is 7.59. The molecule has 0 unspecified atom stereocenters. The van der Waals surface area contributed by atoms with Gasteiger partial charge in [0, 0.05) is 5.92 Å². The molecule has 1 heteroatoms. The first-order chi connectivity index (χ1) is 18.0. The van der Waals surface area contributed by atoms with E-state index in [2.05, 4.69) is 103 Å². The molecule has 0 heterocycles. The third-order valence-electron chi connectivity index (χ3n) is 7.59. The van der Waals surface area contributed by atoms with E-state index in [-0.39, 0.29) is 11.7 Å². The first-order valence-electron chi connectivity index (χ1n) is 14.9. The van der Waals surface area contributed by atoms with Crippen molar-refractivity contribution in [3.05, 3.63) is 95.1 Å². The van der Waals surface area contributed by atoms with Gasteiger partial charge in [0.25, 0.3) is 0 Å². The molecule has 1 nitrogen and oxygen atoms in total. The number of rotatable bonds is 13. The minimum Gasteiger partial charge on any atom is -0.300 e. The Hall–Kier alpha value is -2.41. The zero-order chi connectivity index (χ0) is 29.1. The fourth-order valence-corrected chi connectivity index (χ4v) is 4.72. The standard InChI is InChI=1S/C20H32.C12H16.C5H10O/c1-6-15-20(8-3,16-7-2)18(5)13-14-19-12-10-9-11-17(19)4;1-4-11-5-7-12(8-6-11)9-10(2)3;1-4(2)5(3)6/h9-12H,5-8,13-16H2,1-4H3;5-8H,2,4,9H2,1,3H3;4H,1-3H3. The van der Waals surface area contributed by atoms with E-state index < -0.39 is 0 Å². The van der Waals surface area contributed by atoms with Crippen LogP contribution in [0.1, 0.15) is 116 Å². The van der Waals surface area contributed by atoms with Gasteiger partial charge in [0.05, 0.1) is 0 Å². The van der Waals surface area contributed by atoms with Crippen molar-refractivity contribution < 1.29 is 4.79 Å². The molecule has 0 aromatic heterocycles.